The number of carbonyl (C=O) groups excluding carboxylic acids is 1. The number of carbonyl (C=O) groups is 1. The smallest absolute Gasteiger partial charge is 0.226 e. The van der Waals surface area contributed by atoms with Crippen LogP contribution in [0.5, 0.6) is 0 Å². The van der Waals surface area contributed by atoms with E-state index < -0.39 is 23.1 Å². The number of halogens is 2. The Bertz CT molecular complexity index is 2090. The Labute approximate surface area is 244 Å². The van der Waals surface area contributed by atoms with Crippen LogP contribution in [0.4, 0.5) is 20.3 Å². The van der Waals surface area contributed by atoms with Gasteiger partial charge in [0.05, 0.1) is 10.9 Å². The fourth-order valence-electron chi connectivity index (χ4n) is 5.00. The lowest BCUT2D eigenvalue weighted by molar-refractivity contribution is -0.118. The molecule has 3 heterocycles. The van der Waals surface area contributed by atoms with E-state index in [-0.39, 0.29) is 45.5 Å². The second-order valence-electron chi connectivity index (χ2n) is 10.4. The largest absolute Gasteiger partial charge is 0.458 e. The number of hydrogen-bond donors (Lipinski definition) is 2. The Morgan fingerprint density at radius 3 is 2.42 bits per heavy atom. The van der Waals surface area contributed by atoms with E-state index in [1.807, 2.05) is 0 Å². The minimum Gasteiger partial charge on any atom is -0.458 e. The summed E-state index contributed by atoms with van der Waals surface area (Å²) in [4.78, 5) is 34.5. The molecule has 1 unspecified atom stereocenters. The van der Waals surface area contributed by atoms with Crippen LogP contribution < -0.4 is 16.5 Å². The average molecular weight is 581 g/mol. The standard InChI is InChI=1S/C32H26F2N6O3/c1-16(2)32(42)38-21-12-10-18(11-13-21)27-26-30(35)36-15-37-31(26)40(39-27)17(3)29-24(19-6-4-7-20(33)14-19)28(41)25-22(34)8-5-9-23(25)43-29/h4-17H,1-3H3,(H,38,42)(H2,35,36,37). The van der Waals surface area contributed by atoms with E-state index in [0.717, 1.165) is 0 Å². The summed E-state index contributed by atoms with van der Waals surface area (Å²) >= 11 is 0. The van der Waals surface area contributed by atoms with Gasteiger partial charge in [0.1, 0.15) is 52.2 Å². The summed E-state index contributed by atoms with van der Waals surface area (Å²) in [6.45, 7) is 5.35. The number of amides is 1. The second-order valence-corrected chi connectivity index (χ2v) is 10.4. The van der Waals surface area contributed by atoms with Crippen molar-refractivity contribution < 1.29 is 18.0 Å². The van der Waals surface area contributed by atoms with Gasteiger partial charge in [0.25, 0.3) is 0 Å². The maximum atomic E-state index is 14.9. The van der Waals surface area contributed by atoms with Gasteiger partial charge in [-0.1, -0.05) is 44.2 Å². The van der Waals surface area contributed by atoms with E-state index >= 15 is 0 Å². The number of nitrogens with one attached hydrogen (secondary N) is 1. The molecule has 1 amide bonds. The first-order valence-electron chi connectivity index (χ1n) is 13.5. The third-order valence-electron chi connectivity index (χ3n) is 7.22. The first-order valence-corrected chi connectivity index (χ1v) is 13.5. The molecule has 43 heavy (non-hydrogen) atoms. The fraction of sp³-hybridized carbons (Fsp3) is 0.156. The van der Waals surface area contributed by atoms with E-state index in [1.165, 1.54) is 42.7 Å². The second kappa shape index (κ2) is 10.8. The lowest BCUT2D eigenvalue weighted by atomic mass is 9.99. The van der Waals surface area contributed by atoms with Gasteiger partial charge in [0.2, 0.25) is 11.3 Å². The van der Waals surface area contributed by atoms with Gasteiger partial charge in [-0.05, 0) is 48.9 Å². The van der Waals surface area contributed by atoms with Crippen molar-refractivity contribution in [3.8, 4) is 22.4 Å². The van der Waals surface area contributed by atoms with Gasteiger partial charge >= 0.3 is 0 Å². The minimum atomic E-state index is -0.784. The average Bonchev–Trinajstić information content (AvgIpc) is 3.38. The molecule has 0 spiro atoms. The number of nitrogen functional groups attached to an aromatic ring is 1. The van der Waals surface area contributed by atoms with Gasteiger partial charge in [-0.25, -0.2) is 23.4 Å². The molecule has 3 aromatic heterocycles. The summed E-state index contributed by atoms with van der Waals surface area (Å²) < 4.78 is 36.9. The summed E-state index contributed by atoms with van der Waals surface area (Å²) in [5.74, 6) is -1.29. The van der Waals surface area contributed by atoms with Crippen molar-refractivity contribution >= 4 is 39.4 Å². The minimum absolute atomic E-state index is 0.00192. The molecule has 3 aromatic carbocycles. The monoisotopic (exact) mass is 580 g/mol. The first-order chi connectivity index (χ1) is 20.6. The molecule has 6 aromatic rings. The van der Waals surface area contributed by atoms with Crippen LogP contribution in [0.2, 0.25) is 0 Å². The Balaban J connectivity index is 1.55. The van der Waals surface area contributed by atoms with E-state index in [4.69, 9.17) is 15.2 Å². The van der Waals surface area contributed by atoms with E-state index in [2.05, 4.69) is 15.3 Å². The van der Waals surface area contributed by atoms with Crippen LogP contribution in [0.25, 0.3) is 44.4 Å². The number of hydrogen-bond acceptors (Lipinski definition) is 7. The maximum Gasteiger partial charge on any atom is 0.226 e. The topological polar surface area (TPSA) is 129 Å². The zero-order chi connectivity index (χ0) is 30.4. The van der Waals surface area contributed by atoms with Crippen molar-refractivity contribution in [1.29, 1.82) is 0 Å². The number of rotatable bonds is 6. The highest BCUT2D eigenvalue weighted by molar-refractivity contribution is 5.99. The van der Waals surface area contributed by atoms with Crippen molar-refractivity contribution in [1.82, 2.24) is 19.7 Å². The normalized spacial score (nSPS) is 12.2. The van der Waals surface area contributed by atoms with Crippen LogP contribution in [0.1, 0.15) is 32.6 Å². The molecule has 0 aliphatic carbocycles. The molecule has 0 radical (unpaired) electrons. The Kier molecular flexibility index (Phi) is 6.93. The van der Waals surface area contributed by atoms with Gasteiger partial charge < -0.3 is 15.5 Å². The van der Waals surface area contributed by atoms with Gasteiger partial charge in [0.15, 0.2) is 5.65 Å². The molecule has 6 rings (SSSR count). The third kappa shape index (κ3) is 4.88. The molecular formula is C32H26F2N6O3. The molecule has 0 aliphatic heterocycles. The molecule has 0 saturated heterocycles. The van der Waals surface area contributed by atoms with E-state index in [9.17, 15) is 18.4 Å². The predicted octanol–water partition coefficient (Wildman–Crippen LogP) is 6.33. The lowest BCUT2D eigenvalue weighted by Crippen LogP contribution is -2.17. The van der Waals surface area contributed by atoms with Gasteiger partial charge in [-0.3, -0.25) is 9.59 Å². The quantitative estimate of drug-likeness (QED) is 0.236. The number of nitrogens with zero attached hydrogens (tertiary/aromatic N) is 4. The fourth-order valence-corrected chi connectivity index (χ4v) is 5.00. The Hall–Kier alpha value is -5.45. The van der Waals surface area contributed by atoms with Crippen LogP contribution in [-0.2, 0) is 4.79 Å². The summed E-state index contributed by atoms with van der Waals surface area (Å²) in [7, 11) is 0. The van der Waals surface area contributed by atoms with Gasteiger partial charge in [0, 0.05) is 17.2 Å². The number of fused-ring (bicyclic) bond motifs is 2. The summed E-state index contributed by atoms with van der Waals surface area (Å²) in [5.41, 5.74) is 8.05. The molecular weight excluding hydrogens is 554 g/mol. The SMILES string of the molecule is CC(C)C(=O)Nc1ccc(-c2nn(C(C)c3oc4cccc(F)c4c(=O)c3-c3cccc(F)c3)c3ncnc(N)c23)cc1. The van der Waals surface area contributed by atoms with Crippen molar-refractivity contribution in [2.75, 3.05) is 11.1 Å². The Morgan fingerprint density at radius 2 is 1.70 bits per heavy atom. The van der Waals surface area contributed by atoms with E-state index in [0.29, 0.717) is 28.0 Å². The van der Waals surface area contributed by atoms with Gasteiger partial charge in [-0.15, -0.1) is 0 Å². The van der Waals surface area contributed by atoms with Crippen molar-refractivity contribution in [3.05, 3.63) is 101 Å². The van der Waals surface area contributed by atoms with Crippen LogP contribution in [-0.4, -0.2) is 25.7 Å². The number of benzene rings is 3. The zero-order valence-electron chi connectivity index (χ0n) is 23.4. The molecule has 1 atom stereocenters. The molecule has 3 N–H and O–H groups in total. The summed E-state index contributed by atoms with van der Waals surface area (Å²) in [5, 5.41) is 7.92. The number of aromatic nitrogens is 4. The van der Waals surface area contributed by atoms with Crippen LogP contribution in [0.15, 0.2) is 82.3 Å². The third-order valence-corrected chi connectivity index (χ3v) is 7.22. The van der Waals surface area contributed by atoms with Crippen LogP contribution in [0.3, 0.4) is 0 Å². The van der Waals surface area contributed by atoms with Crippen LogP contribution >= 0.6 is 0 Å². The molecule has 0 saturated carbocycles. The highest BCUT2D eigenvalue weighted by atomic mass is 19.1. The lowest BCUT2D eigenvalue weighted by Gasteiger charge is -2.17. The maximum absolute atomic E-state index is 14.9. The number of anilines is 2. The van der Waals surface area contributed by atoms with Crippen molar-refractivity contribution in [3.63, 3.8) is 0 Å². The van der Waals surface area contributed by atoms with E-state index in [1.54, 1.807) is 55.8 Å². The molecule has 9 nitrogen and oxygen atoms in total. The zero-order valence-corrected chi connectivity index (χ0v) is 23.4. The highest BCUT2D eigenvalue weighted by Gasteiger charge is 2.28. The summed E-state index contributed by atoms with van der Waals surface area (Å²) in [6.07, 6.45) is 1.30. The first kappa shape index (κ1) is 27.7. The summed E-state index contributed by atoms with van der Waals surface area (Å²) in [6, 6.07) is 15.9. The molecule has 216 valence electrons. The highest BCUT2D eigenvalue weighted by Crippen LogP contribution is 2.37. The van der Waals surface area contributed by atoms with Crippen LogP contribution in [0, 0.1) is 17.6 Å². The van der Waals surface area contributed by atoms with Crippen molar-refractivity contribution in [2.45, 2.75) is 26.8 Å². The van der Waals surface area contributed by atoms with Crippen molar-refractivity contribution in [2.24, 2.45) is 5.92 Å². The molecule has 0 bridgehead atoms. The Morgan fingerprint density at radius 1 is 0.953 bits per heavy atom. The number of nitrogens with two attached hydrogens (primary N) is 1. The van der Waals surface area contributed by atoms with Gasteiger partial charge in [-0.2, -0.15) is 5.10 Å². The molecule has 11 heteroatoms. The predicted molar refractivity (Wildman–Crippen MR) is 160 cm³/mol. The molecule has 0 aliphatic rings. The molecule has 0 fully saturated rings.